The average molecular weight is 367 g/mol. The minimum atomic E-state index is -4.76. The molecular weight excluding hydrogens is 345 g/mol. The Balaban J connectivity index is 0.00000288. The van der Waals surface area contributed by atoms with E-state index in [-0.39, 0.29) is 42.4 Å². The SMILES string of the molecule is CN(Cc1ccccc1OC(F)(F)F)C(=O)[C@@H]1CCC[C@@H]1CN.Cl. The third-order valence-corrected chi connectivity index (χ3v) is 4.26. The predicted molar refractivity (Wildman–Crippen MR) is 86.7 cm³/mol. The number of carbonyl (C=O) groups excluding carboxylic acids is 1. The molecule has 1 amide bonds. The van der Waals surface area contributed by atoms with Crippen molar-refractivity contribution in [3.05, 3.63) is 29.8 Å². The van der Waals surface area contributed by atoms with Crippen molar-refractivity contribution in [3.8, 4) is 5.75 Å². The van der Waals surface area contributed by atoms with Gasteiger partial charge in [0, 0.05) is 25.1 Å². The van der Waals surface area contributed by atoms with Crippen LogP contribution in [0.15, 0.2) is 24.3 Å². The van der Waals surface area contributed by atoms with Crippen molar-refractivity contribution in [1.29, 1.82) is 0 Å². The van der Waals surface area contributed by atoms with Crippen molar-refractivity contribution in [2.75, 3.05) is 13.6 Å². The maximum absolute atomic E-state index is 12.5. The lowest BCUT2D eigenvalue weighted by molar-refractivity contribution is -0.275. The third-order valence-electron chi connectivity index (χ3n) is 4.26. The fraction of sp³-hybridized carbons (Fsp3) is 0.562. The molecule has 1 aliphatic rings. The zero-order chi connectivity index (χ0) is 17.0. The van der Waals surface area contributed by atoms with E-state index in [4.69, 9.17) is 5.73 Å². The van der Waals surface area contributed by atoms with Crippen molar-refractivity contribution in [3.63, 3.8) is 0 Å². The monoisotopic (exact) mass is 366 g/mol. The number of rotatable bonds is 5. The second-order valence-electron chi connectivity index (χ2n) is 5.88. The number of hydrogen-bond acceptors (Lipinski definition) is 3. The molecule has 2 N–H and O–H groups in total. The van der Waals surface area contributed by atoms with Gasteiger partial charge in [0.1, 0.15) is 5.75 Å². The molecule has 0 spiro atoms. The number of nitrogens with two attached hydrogens (primary N) is 1. The third kappa shape index (κ3) is 5.27. The van der Waals surface area contributed by atoms with E-state index >= 15 is 0 Å². The number of halogens is 4. The Morgan fingerprint density at radius 3 is 2.62 bits per heavy atom. The van der Waals surface area contributed by atoms with Gasteiger partial charge in [0.25, 0.3) is 0 Å². The summed E-state index contributed by atoms with van der Waals surface area (Å²) in [6.07, 6.45) is -2.09. The molecule has 0 saturated heterocycles. The number of hydrogen-bond donors (Lipinski definition) is 1. The molecule has 1 aliphatic carbocycles. The highest BCUT2D eigenvalue weighted by atomic mass is 35.5. The lowest BCUT2D eigenvalue weighted by Gasteiger charge is -2.25. The molecule has 1 saturated carbocycles. The Morgan fingerprint density at radius 1 is 1.33 bits per heavy atom. The van der Waals surface area contributed by atoms with E-state index in [0.29, 0.717) is 12.1 Å². The molecule has 1 aromatic carbocycles. The quantitative estimate of drug-likeness (QED) is 0.869. The summed E-state index contributed by atoms with van der Waals surface area (Å²) in [5.41, 5.74) is 6.01. The first-order valence-electron chi connectivity index (χ1n) is 7.60. The van der Waals surface area contributed by atoms with E-state index in [9.17, 15) is 18.0 Å². The summed E-state index contributed by atoms with van der Waals surface area (Å²) < 4.78 is 41.4. The molecule has 136 valence electrons. The predicted octanol–water partition coefficient (Wildman–Crippen LogP) is 3.34. The van der Waals surface area contributed by atoms with Gasteiger partial charge in [0.05, 0.1) is 0 Å². The normalized spacial score (nSPS) is 20.4. The van der Waals surface area contributed by atoms with E-state index < -0.39 is 6.36 Å². The Labute approximate surface area is 145 Å². The smallest absolute Gasteiger partial charge is 0.405 e. The van der Waals surface area contributed by atoms with Crippen molar-refractivity contribution >= 4 is 18.3 Å². The van der Waals surface area contributed by atoms with Crippen LogP contribution in [0.1, 0.15) is 24.8 Å². The zero-order valence-electron chi connectivity index (χ0n) is 13.4. The standard InChI is InChI=1S/C16H21F3N2O2.ClH/c1-21(15(22)13-7-4-6-11(13)9-20)10-12-5-2-3-8-14(12)23-16(17,18)19;/h2-3,5,8,11,13H,4,6-7,9-10,20H2,1H3;1H/t11-,13-;/m1./s1. The highest BCUT2D eigenvalue weighted by molar-refractivity contribution is 5.85. The van der Waals surface area contributed by atoms with E-state index in [2.05, 4.69) is 4.74 Å². The lowest BCUT2D eigenvalue weighted by atomic mass is 9.94. The van der Waals surface area contributed by atoms with Crippen LogP contribution in [0.4, 0.5) is 13.2 Å². The minimum Gasteiger partial charge on any atom is -0.405 e. The van der Waals surface area contributed by atoms with Gasteiger partial charge in [-0.2, -0.15) is 0 Å². The topological polar surface area (TPSA) is 55.6 Å². The van der Waals surface area contributed by atoms with Crippen molar-refractivity contribution < 1.29 is 22.7 Å². The fourth-order valence-corrected chi connectivity index (χ4v) is 3.12. The van der Waals surface area contributed by atoms with Gasteiger partial charge in [0.2, 0.25) is 5.91 Å². The van der Waals surface area contributed by atoms with Crippen LogP contribution in [0.25, 0.3) is 0 Å². The molecule has 4 nitrogen and oxygen atoms in total. The molecule has 0 unspecified atom stereocenters. The van der Waals surface area contributed by atoms with Gasteiger partial charge in [-0.1, -0.05) is 24.6 Å². The van der Waals surface area contributed by atoms with Gasteiger partial charge in [-0.25, -0.2) is 0 Å². The minimum absolute atomic E-state index is 0. The second kappa shape index (κ2) is 8.58. The van der Waals surface area contributed by atoms with Gasteiger partial charge >= 0.3 is 6.36 Å². The number of para-hydroxylation sites is 1. The second-order valence-corrected chi connectivity index (χ2v) is 5.88. The summed E-state index contributed by atoms with van der Waals surface area (Å²) in [7, 11) is 1.60. The maximum atomic E-state index is 12.5. The van der Waals surface area contributed by atoms with E-state index in [1.165, 1.54) is 23.1 Å². The summed E-state index contributed by atoms with van der Waals surface area (Å²) >= 11 is 0. The molecule has 8 heteroatoms. The summed E-state index contributed by atoms with van der Waals surface area (Å²) in [5.74, 6) is -0.325. The summed E-state index contributed by atoms with van der Waals surface area (Å²) in [6.45, 7) is 0.525. The van der Waals surface area contributed by atoms with Gasteiger partial charge in [0.15, 0.2) is 0 Å². The Bertz CT molecular complexity index is 554. The Kier molecular flexibility index (Phi) is 7.35. The van der Waals surface area contributed by atoms with E-state index in [1.807, 2.05) is 0 Å². The number of nitrogens with zero attached hydrogens (tertiary/aromatic N) is 1. The first kappa shape index (κ1) is 20.6. The molecule has 1 fully saturated rings. The first-order valence-corrected chi connectivity index (χ1v) is 7.60. The molecule has 0 aromatic heterocycles. The van der Waals surface area contributed by atoms with Gasteiger partial charge in [-0.05, 0) is 31.4 Å². The lowest BCUT2D eigenvalue weighted by Crippen LogP contribution is -2.36. The van der Waals surface area contributed by atoms with Crippen molar-refractivity contribution in [2.24, 2.45) is 17.6 Å². The molecule has 2 rings (SSSR count). The molecule has 0 heterocycles. The number of alkyl halides is 3. The van der Waals surface area contributed by atoms with E-state index in [0.717, 1.165) is 19.3 Å². The molecule has 1 aromatic rings. The number of carbonyl (C=O) groups is 1. The van der Waals surface area contributed by atoms with Crippen LogP contribution >= 0.6 is 12.4 Å². The molecule has 2 atom stereocenters. The average Bonchev–Trinajstić information content (AvgIpc) is 2.95. The highest BCUT2D eigenvalue weighted by Gasteiger charge is 2.35. The van der Waals surface area contributed by atoms with Crippen LogP contribution in [-0.4, -0.2) is 30.8 Å². The largest absolute Gasteiger partial charge is 0.573 e. The number of ether oxygens (including phenoxy) is 1. The summed E-state index contributed by atoms with van der Waals surface area (Å²) in [6, 6.07) is 5.86. The molecule has 24 heavy (non-hydrogen) atoms. The van der Waals surface area contributed by atoms with Gasteiger partial charge in [-0.15, -0.1) is 25.6 Å². The van der Waals surface area contributed by atoms with Crippen LogP contribution in [0.3, 0.4) is 0 Å². The number of amides is 1. The summed E-state index contributed by atoms with van der Waals surface area (Å²) in [4.78, 5) is 14.0. The number of benzene rings is 1. The maximum Gasteiger partial charge on any atom is 0.573 e. The van der Waals surface area contributed by atoms with Gasteiger partial charge in [-0.3, -0.25) is 4.79 Å². The molecular formula is C16H22ClF3N2O2. The molecule has 0 aliphatic heterocycles. The van der Waals surface area contributed by atoms with Gasteiger partial charge < -0.3 is 15.4 Å². The van der Waals surface area contributed by atoms with E-state index in [1.54, 1.807) is 13.1 Å². The van der Waals surface area contributed by atoms with Crippen molar-refractivity contribution in [1.82, 2.24) is 4.90 Å². The molecule has 0 bridgehead atoms. The molecule has 0 radical (unpaired) electrons. The Hall–Kier alpha value is -1.47. The van der Waals surface area contributed by atoms with Crippen LogP contribution < -0.4 is 10.5 Å². The first-order chi connectivity index (χ1) is 10.8. The van der Waals surface area contributed by atoms with Crippen LogP contribution in [0, 0.1) is 11.8 Å². The van der Waals surface area contributed by atoms with Crippen molar-refractivity contribution in [2.45, 2.75) is 32.2 Å². The highest BCUT2D eigenvalue weighted by Crippen LogP contribution is 2.33. The van der Waals surface area contributed by atoms with Crippen LogP contribution in [-0.2, 0) is 11.3 Å². The van der Waals surface area contributed by atoms with Crippen LogP contribution in [0.2, 0.25) is 0 Å². The summed E-state index contributed by atoms with van der Waals surface area (Å²) in [5, 5.41) is 0. The zero-order valence-corrected chi connectivity index (χ0v) is 14.2. The van der Waals surface area contributed by atoms with Crippen LogP contribution in [0.5, 0.6) is 5.75 Å². The Morgan fingerprint density at radius 2 is 2.00 bits per heavy atom. The fourth-order valence-electron chi connectivity index (χ4n) is 3.12.